The second-order valence-electron chi connectivity index (χ2n) is 6.70. The van der Waals surface area contributed by atoms with Crippen molar-refractivity contribution in [3.05, 3.63) is 45.7 Å². The summed E-state index contributed by atoms with van der Waals surface area (Å²) in [7, 11) is 0. The number of ether oxygens (including phenoxy) is 1. The number of anilines is 1. The molecule has 9 heteroatoms. The Morgan fingerprint density at radius 2 is 2.00 bits per heavy atom. The van der Waals surface area contributed by atoms with Crippen LogP contribution in [0, 0.1) is 0 Å². The lowest BCUT2D eigenvalue weighted by Gasteiger charge is -2.17. The Hall–Kier alpha value is -2.29. The molecule has 1 aromatic heterocycles. The van der Waals surface area contributed by atoms with Crippen molar-refractivity contribution in [3.8, 4) is 5.75 Å². The fraction of sp³-hybridized carbons (Fsp3) is 0.444. The van der Waals surface area contributed by atoms with Crippen LogP contribution in [0.15, 0.2) is 29.1 Å². The van der Waals surface area contributed by atoms with Gasteiger partial charge in [-0.3, -0.25) is 19.4 Å². The van der Waals surface area contributed by atoms with Gasteiger partial charge in [0, 0.05) is 0 Å². The van der Waals surface area contributed by atoms with E-state index < -0.39 is 11.9 Å². The van der Waals surface area contributed by atoms with Gasteiger partial charge in [0.05, 0.1) is 22.6 Å². The zero-order valence-corrected chi connectivity index (χ0v) is 15.2. The molecule has 144 valence electrons. The van der Waals surface area contributed by atoms with Crippen LogP contribution in [-0.4, -0.2) is 28.1 Å². The number of hydrogen-bond acceptors (Lipinski definition) is 4. The van der Waals surface area contributed by atoms with E-state index in [1.54, 1.807) is 16.8 Å². The summed E-state index contributed by atoms with van der Waals surface area (Å²) in [5.41, 5.74) is 0.828. The first-order valence-corrected chi connectivity index (χ1v) is 9.88. The Kier molecular flexibility index (Phi) is 4.94. The third kappa shape index (κ3) is 3.60. The molecule has 0 saturated heterocycles. The summed E-state index contributed by atoms with van der Waals surface area (Å²) in [6, 6.07) is 6.45. The maximum absolute atomic E-state index is 12.8. The van der Waals surface area contributed by atoms with Crippen LogP contribution in [-0.2, 0) is 4.79 Å². The summed E-state index contributed by atoms with van der Waals surface area (Å²) < 4.78 is 31.4. The van der Waals surface area contributed by atoms with E-state index in [0.29, 0.717) is 16.9 Å². The van der Waals surface area contributed by atoms with Crippen molar-refractivity contribution in [2.24, 2.45) is 0 Å². The molecule has 2 aromatic rings. The number of H-pyrrole nitrogens is 1. The van der Waals surface area contributed by atoms with E-state index in [0.717, 1.165) is 25.7 Å². The highest BCUT2D eigenvalue weighted by Gasteiger charge is 2.33. The number of hydrogen-bond donors (Lipinski definition) is 2. The molecule has 2 N–H and O–H groups in total. The maximum Gasteiger partial charge on any atom is 0.387 e. The number of nitrogens with zero attached hydrogens (tertiary/aromatic N) is 1. The van der Waals surface area contributed by atoms with Gasteiger partial charge < -0.3 is 10.1 Å². The molecule has 0 bridgehead atoms. The SMILES string of the molecule is O=C1CS[C@@H](c2cccc(OC(F)F)c2)c2c(n(C3CCCC3)[nH]c2=O)N1. The minimum absolute atomic E-state index is 0.0276. The van der Waals surface area contributed by atoms with E-state index in [1.165, 1.54) is 23.9 Å². The molecule has 6 nitrogen and oxygen atoms in total. The number of fused-ring (bicyclic) bond motifs is 1. The normalized spacial score (nSPS) is 20.4. The van der Waals surface area contributed by atoms with Gasteiger partial charge in [-0.2, -0.15) is 8.78 Å². The molecule has 27 heavy (non-hydrogen) atoms. The van der Waals surface area contributed by atoms with Crippen molar-refractivity contribution in [1.82, 2.24) is 9.78 Å². The predicted octanol–water partition coefficient (Wildman–Crippen LogP) is 3.67. The molecule has 1 aromatic carbocycles. The van der Waals surface area contributed by atoms with Gasteiger partial charge in [-0.1, -0.05) is 25.0 Å². The Morgan fingerprint density at radius 3 is 2.74 bits per heavy atom. The van der Waals surface area contributed by atoms with Crippen LogP contribution in [0.5, 0.6) is 5.75 Å². The Labute approximate surface area is 158 Å². The van der Waals surface area contributed by atoms with Crippen molar-refractivity contribution >= 4 is 23.5 Å². The number of carbonyl (C=O) groups excluding carboxylic acids is 1. The van der Waals surface area contributed by atoms with E-state index >= 15 is 0 Å². The van der Waals surface area contributed by atoms with Gasteiger partial charge in [-0.05, 0) is 30.5 Å². The van der Waals surface area contributed by atoms with Crippen molar-refractivity contribution in [2.75, 3.05) is 11.1 Å². The highest BCUT2D eigenvalue weighted by Crippen LogP contribution is 2.42. The molecule has 0 unspecified atom stereocenters. The lowest BCUT2D eigenvalue weighted by molar-refractivity contribution is -0.113. The second-order valence-corrected chi connectivity index (χ2v) is 7.80. The summed E-state index contributed by atoms with van der Waals surface area (Å²) in [4.78, 5) is 25.0. The second kappa shape index (κ2) is 7.38. The van der Waals surface area contributed by atoms with Gasteiger partial charge in [0.25, 0.3) is 5.56 Å². The van der Waals surface area contributed by atoms with Crippen LogP contribution in [0.1, 0.15) is 48.1 Å². The quantitative estimate of drug-likeness (QED) is 0.828. The number of amides is 1. The lowest BCUT2D eigenvalue weighted by Crippen LogP contribution is -2.18. The first kappa shape index (κ1) is 18.1. The zero-order chi connectivity index (χ0) is 19.0. The zero-order valence-electron chi connectivity index (χ0n) is 14.4. The first-order chi connectivity index (χ1) is 13.0. The smallest absolute Gasteiger partial charge is 0.387 e. The Morgan fingerprint density at radius 1 is 1.22 bits per heavy atom. The fourth-order valence-corrected chi connectivity index (χ4v) is 4.91. The van der Waals surface area contributed by atoms with E-state index in [4.69, 9.17) is 0 Å². The Balaban J connectivity index is 1.78. The van der Waals surface area contributed by atoms with Gasteiger partial charge in [0.15, 0.2) is 0 Å². The Bertz CT molecular complexity index is 905. The number of benzene rings is 1. The van der Waals surface area contributed by atoms with Gasteiger partial charge in [0.2, 0.25) is 5.91 Å². The number of carbonyl (C=O) groups is 1. The van der Waals surface area contributed by atoms with E-state index in [1.807, 2.05) is 0 Å². The number of thioether (sulfide) groups is 1. The molecule has 1 saturated carbocycles. The van der Waals surface area contributed by atoms with Gasteiger partial charge >= 0.3 is 6.61 Å². The summed E-state index contributed by atoms with van der Waals surface area (Å²) >= 11 is 1.30. The van der Waals surface area contributed by atoms with E-state index in [2.05, 4.69) is 15.2 Å². The number of halogens is 2. The number of rotatable bonds is 4. The third-order valence-corrected chi connectivity index (χ3v) is 6.21. The molecular formula is C18H19F2N3O3S. The summed E-state index contributed by atoms with van der Waals surface area (Å²) in [5, 5.41) is 5.28. The molecule has 4 rings (SSSR count). The van der Waals surface area contributed by atoms with Crippen LogP contribution < -0.4 is 15.6 Å². The number of aromatic nitrogens is 2. The van der Waals surface area contributed by atoms with Gasteiger partial charge in [-0.25, -0.2) is 0 Å². The first-order valence-electron chi connectivity index (χ1n) is 8.83. The summed E-state index contributed by atoms with van der Waals surface area (Å²) in [6.07, 6.45) is 4.06. The van der Waals surface area contributed by atoms with Crippen molar-refractivity contribution in [3.63, 3.8) is 0 Å². The lowest BCUT2D eigenvalue weighted by atomic mass is 10.1. The molecule has 1 fully saturated rings. The molecule has 1 aliphatic heterocycles. The number of alkyl halides is 2. The number of aromatic amines is 1. The van der Waals surface area contributed by atoms with E-state index in [9.17, 15) is 18.4 Å². The van der Waals surface area contributed by atoms with E-state index in [-0.39, 0.29) is 29.0 Å². The van der Waals surface area contributed by atoms with Crippen molar-refractivity contribution < 1.29 is 18.3 Å². The standard InChI is InChI=1S/C18H19F2N3O3S/c19-18(20)26-12-7-3-4-10(8-12)15-14-16(21-13(24)9-27-15)23(22-17(14)25)11-5-1-2-6-11/h3-4,7-8,11,15,18H,1-2,5-6,9H2,(H,21,24)(H,22,25)/t15-/m0/s1. The van der Waals surface area contributed by atoms with Crippen LogP contribution in [0.3, 0.4) is 0 Å². The summed E-state index contributed by atoms with van der Waals surface area (Å²) in [6.45, 7) is -2.92. The molecule has 0 spiro atoms. The molecular weight excluding hydrogens is 376 g/mol. The molecule has 2 aliphatic rings. The minimum atomic E-state index is -2.92. The molecule has 2 heterocycles. The topological polar surface area (TPSA) is 76.1 Å². The largest absolute Gasteiger partial charge is 0.435 e. The predicted molar refractivity (Wildman–Crippen MR) is 98.6 cm³/mol. The van der Waals surface area contributed by atoms with Crippen LogP contribution in [0.25, 0.3) is 0 Å². The van der Waals surface area contributed by atoms with Crippen LogP contribution >= 0.6 is 11.8 Å². The average molecular weight is 395 g/mol. The van der Waals surface area contributed by atoms with Crippen molar-refractivity contribution in [2.45, 2.75) is 43.6 Å². The number of nitrogens with one attached hydrogen (secondary N) is 2. The van der Waals surface area contributed by atoms with Crippen LogP contribution in [0.4, 0.5) is 14.6 Å². The third-order valence-electron chi connectivity index (χ3n) is 4.94. The highest BCUT2D eigenvalue weighted by molar-refractivity contribution is 8.00. The fourth-order valence-electron chi connectivity index (χ4n) is 3.80. The van der Waals surface area contributed by atoms with Crippen molar-refractivity contribution in [1.29, 1.82) is 0 Å². The minimum Gasteiger partial charge on any atom is -0.435 e. The van der Waals surface area contributed by atoms with Crippen LogP contribution in [0.2, 0.25) is 0 Å². The van der Waals surface area contributed by atoms with Gasteiger partial charge in [0.1, 0.15) is 11.6 Å². The maximum atomic E-state index is 12.8. The highest BCUT2D eigenvalue weighted by atomic mass is 32.2. The summed E-state index contributed by atoms with van der Waals surface area (Å²) in [5.74, 6) is 0.505. The average Bonchev–Trinajstić information content (AvgIpc) is 3.20. The molecule has 1 amide bonds. The monoisotopic (exact) mass is 395 g/mol. The molecule has 1 aliphatic carbocycles. The van der Waals surface area contributed by atoms with Gasteiger partial charge in [-0.15, -0.1) is 11.8 Å². The molecule has 0 radical (unpaired) electrons. The molecule has 1 atom stereocenters.